The number of nitrogens with one attached hydrogen (secondary N) is 2. The normalized spacial score (nSPS) is 10.3. The Morgan fingerprint density at radius 1 is 1.07 bits per heavy atom. The molecule has 0 aliphatic carbocycles. The van der Waals surface area contributed by atoms with Crippen LogP contribution in [0.4, 0.5) is 11.6 Å². The lowest BCUT2D eigenvalue weighted by atomic mass is 10.3. The number of methoxy groups -OCH3 is 1. The van der Waals surface area contributed by atoms with E-state index in [1.165, 1.54) is 0 Å². The topological polar surface area (TPSA) is 111 Å². The second-order valence-corrected chi connectivity index (χ2v) is 5.53. The predicted octanol–water partition coefficient (Wildman–Crippen LogP) is 2.33. The van der Waals surface area contributed by atoms with Crippen LogP contribution in [-0.4, -0.2) is 41.5 Å². The van der Waals surface area contributed by atoms with E-state index < -0.39 is 0 Å². The molecule has 0 saturated carbocycles. The zero-order valence-electron chi connectivity index (χ0n) is 14.9. The third kappa shape index (κ3) is 5.18. The molecule has 0 bridgehead atoms. The van der Waals surface area contributed by atoms with Crippen LogP contribution >= 0.6 is 0 Å². The summed E-state index contributed by atoms with van der Waals surface area (Å²) in [5, 5.41) is 17.3. The van der Waals surface area contributed by atoms with Crippen molar-refractivity contribution < 1.29 is 18.8 Å². The molecule has 3 aromatic rings. The molecular weight excluding hydrogens is 350 g/mol. The summed E-state index contributed by atoms with van der Waals surface area (Å²) >= 11 is 0. The molecule has 2 aromatic heterocycles. The summed E-state index contributed by atoms with van der Waals surface area (Å²) in [6.45, 7) is 2.46. The number of nitrogens with zero attached hydrogens (tertiary/aromatic N) is 3. The van der Waals surface area contributed by atoms with Crippen LogP contribution in [0, 0.1) is 6.92 Å². The van der Waals surface area contributed by atoms with Gasteiger partial charge in [0.2, 0.25) is 0 Å². The fraction of sp³-hybridized carbons (Fsp3) is 0.222. The zero-order valence-corrected chi connectivity index (χ0v) is 14.9. The van der Waals surface area contributed by atoms with E-state index in [4.69, 9.17) is 14.0 Å². The highest BCUT2D eigenvalue weighted by molar-refractivity contribution is 5.92. The molecule has 0 unspecified atom stereocenters. The van der Waals surface area contributed by atoms with Gasteiger partial charge >= 0.3 is 0 Å². The highest BCUT2D eigenvalue weighted by atomic mass is 16.5. The predicted molar refractivity (Wildman–Crippen MR) is 97.4 cm³/mol. The van der Waals surface area contributed by atoms with E-state index in [1.54, 1.807) is 56.5 Å². The molecule has 1 amide bonds. The number of ether oxygens (including phenoxy) is 2. The van der Waals surface area contributed by atoms with E-state index in [0.29, 0.717) is 36.3 Å². The van der Waals surface area contributed by atoms with Gasteiger partial charge in [-0.05, 0) is 43.3 Å². The number of anilines is 2. The van der Waals surface area contributed by atoms with Crippen molar-refractivity contribution in [2.75, 3.05) is 25.6 Å². The molecule has 0 fully saturated rings. The third-order valence-corrected chi connectivity index (χ3v) is 3.50. The van der Waals surface area contributed by atoms with E-state index in [9.17, 15) is 4.79 Å². The summed E-state index contributed by atoms with van der Waals surface area (Å²) < 4.78 is 15.6. The van der Waals surface area contributed by atoms with Crippen molar-refractivity contribution in [2.45, 2.75) is 6.92 Å². The average Bonchev–Trinajstić information content (AvgIpc) is 3.10. The monoisotopic (exact) mass is 369 g/mol. The molecule has 3 rings (SSSR count). The van der Waals surface area contributed by atoms with Crippen molar-refractivity contribution in [1.29, 1.82) is 0 Å². The molecule has 0 aliphatic rings. The number of rotatable bonds is 8. The van der Waals surface area contributed by atoms with Crippen LogP contribution in [0.15, 0.2) is 47.0 Å². The van der Waals surface area contributed by atoms with Crippen LogP contribution in [0.2, 0.25) is 0 Å². The molecule has 0 saturated heterocycles. The van der Waals surface area contributed by atoms with Crippen LogP contribution in [-0.2, 0) is 0 Å². The lowest BCUT2D eigenvalue weighted by molar-refractivity contribution is 0.0941. The number of hydrogen-bond donors (Lipinski definition) is 2. The molecule has 2 heterocycles. The summed E-state index contributed by atoms with van der Waals surface area (Å²) in [6.07, 6.45) is 0. The quantitative estimate of drug-likeness (QED) is 0.582. The van der Waals surface area contributed by atoms with Crippen molar-refractivity contribution in [3.63, 3.8) is 0 Å². The molecule has 0 atom stereocenters. The molecule has 9 heteroatoms. The molecule has 0 aliphatic heterocycles. The Morgan fingerprint density at radius 3 is 2.48 bits per heavy atom. The summed E-state index contributed by atoms with van der Waals surface area (Å²) in [5.41, 5.74) is 0.210. The highest BCUT2D eigenvalue weighted by Gasteiger charge is 2.09. The second-order valence-electron chi connectivity index (χ2n) is 5.53. The van der Waals surface area contributed by atoms with Gasteiger partial charge in [0.05, 0.1) is 13.7 Å². The second kappa shape index (κ2) is 8.65. The minimum Gasteiger partial charge on any atom is -0.497 e. The number of carbonyl (C=O) groups excluding carboxylic acids is 1. The van der Waals surface area contributed by atoms with Gasteiger partial charge < -0.3 is 24.6 Å². The minimum atomic E-state index is -0.329. The summed E-state index contributed by atoms with van der Waals surface area (Å²) in [6, 6.07) is 12.1. The SMILES string of the molecule is COc1ccc(OCCNC(=O)c2ccc(Nc3cc(C)on3)nn2)cc1. The van der Waals surface area contributed by atoms with E-state index in [-0.39, 0.29) is 11.6 Å². The number of aromatic nitrogens is 3. The van der Waals surface area contributed by atoms with E-state index in [0.717, 1.165) is 5.75 Å². The van der Waals surface area contributed by atoms with Crippen LogP contribution in [0.1, 0.15) is 16.2 Å². The number of amides is 1. The Balaban J connectivity index is 1.43. The first-order valence-corrected chi connectivity index (χ1v) is 8.23. The lowest BCUT2D eigenvalue weighted by Crippen LogP contribution is -2.29. The van der Waals surface area contributed by atoms with Crippen LogP contribution in [0.25, 0.3) is 0 Å². The molecular formula is C18H19N5O4. The third-order valence-electron chi connectivity index (χ3n) is 3.50. The Hall–Kier alpha value is -3.62. The number of aryl methyl sites for hydroxylation is 1. The number of benzene rings is 1. The van der Waals surface area contributed by atoms with Crippen molar-refractivity contribution >= 4 is 17.5 Å². The fourth-order valence-electron chi connectivity index (χ4n) is 2.17. The van der Waals surface area contributed by atoms with Crippen molar-refractivity contribution in [3.05, 3.63) is 53.9 Å². The van der Waals surface area contributed by atoms with Gasteiger partial charge in [0, 0.05) is 6.07 Å². The van der Waals surface area contributed by atoms with Crippen LogP contribution in [0.5, 0.6) is 11.5 Å². The summed E-state index contributed by atoms with van der Waals surface area (Å²) in [7, 11) is 1.60. The van der Waals surface area contributed by atoms with Crippen LogP contribution in [0.3, 0.4) is 0 Å². The van der Waals surface area contributed by atoms with E-state index >= 15 is 0 Å². The fourth-order valence-corrected chi connectivity index (χ4v) is 2.17. The van der Waals surface area contributed by atoms with Gasteiger partial charge in [-0.25, -0.2) is 0 Å². The molecule has 1 aromatic carbocycles. The molecule has 2 N–H and O–H groups in total. The highest BCUT2D eigenvalue weighted by Crippen LogP contribution is 2.16. The number of carbonyl (C=O) groups is 1. The lowest BCUT2D eigenvalue weighted by Gasteiger charge is -2.08. The van der Waals surface area contributed by atoms with Crippen molar-refractivity contribution in [2.24, 2.45) is 0 Å². The molecule has 27 heavy (non-hydrogen) atoms. The molecule has 0 radical (unpaired) electrons. The van der Waals surface area contributed by atoms with E-state index in [2.05, 4.69) is 26.0 Å². The molecule has 140 valence electrons. The minimum absolute atomic E-state index is 0.210. The number of hydrogen-bond acceptors (Lipinski definition) is 8. The first kappa shape index (κ1) is 18.2. The van der Waals surface area contributed by atoms with Crippen LogP contribution < -0.4 is 20.1 Å². The summed E-state index contributed by atoms with van der Waals surface area (Å²) in [4.78, 5) is 12.1. The van der Waals surface area contributed by atoms with Gasteiger partial charge in [0.15, 0.2) is 17.3 Å². The smallest absolute Gasteiger partial charge is 0.271 e. The maximum absolute atomic E-state index is 12.1. The Morgan fingerprint density at radius 2 is 1.85 bits per heavy atom. The van der Waals surface area contributed by atoms with Gasteiger partial charge in [-0.1, -0.05) is 5.16 Å². The van der Waals surface area contributed by atoms with Crippen molar-refractivity contribution in [3.8, 4) is 11.5 Å². The maximum atomic E-state index is 12.1. The van der Waals surface area contributed by atoms with Gasteiger partial charge in [-0.3, -0.25) is 4.79 Å². The Kier molecular flexibility index (Phi) is 5.83. The first-order chi connectivity index (χ1) is 13.1. The molecule has 0 spiro atoms. The standard InChI is InChI=1S/C18H19N5O4/c1-12-11-17(23-27-12)20-16-8-7-15(21-22-16)18(24)19-9-10-26-14-5-3-13(25-2)4-6-14/h3-8,11H,9-10H2,1-2H3,(H,19,24)(H,20,22,23). The van der Waals surface area contributed by atoms with Gasteiger partial charge in [0.25, 0.3) is 5.91 Å². The van der Waals surface area contributed by atoms with Gasteiger partial charge in [-0.2, -0.15) is 0 Å². The maximum Gasteiger partial charge on any atom is 0.271 e. The average molecular weight is 369 g/mol. The molecule has 9 nitrogen and oxygen atoms in total. The van der Waals surface area contributed by atoms with E-state index in [1.807, 2.05) is 0 Å². The van der Waals surface area contributed by atoms with Gasteiger partial charge in [-0.15, -0.1) is 10.2 Å². The Bertz CT molecular complexity index is 878. The largest absolute Gasteiger partial charge is 0.497 e. The zero-order chi connectivity index (χ0) is 19.1. The van der Waals surface area contributed by atoms with Crippen molar-refractivity contribution in [1.82, 2.24) is 20.7 Å². The van der Waals surface area contributed by atoms with Gasteiger partial charge in [0.1, 0.15) is 23.9 Å². The Labute approximate surface area is 155 Å². The first-order valence-electron chi connectivity index (χ1n) is 8.23. The summed E-state index contributed by atoms with van der Waals surface area (Å²) in [5.74, 6) is 2.79.